The van der Waals surface area contributed by atoms with E-state index < -0.39 is 28.1 Å². The molecule has 1 aliphatic heterocycles. The van der Waals surface area contributed by atoms with Crippen molar-refractivity contribution < 1.29 is 18.1 Å². The third kappa shape index (κ3) is 2.70. The Kier molecular flexibility index (Phi) is 2.92. The average molecular weight is 209 g/mol. The second kappa shape index (κ2) is 4.17. The molecule has 3 nitrogen and oxygen atoms in total. The van der Waals surface area contributed by atoms with Crippen molar-refractivity contribution in [3.8, 4) is 0 Å². The lowest BCUT2D eigenvalue weighted by Gasteiger charge is -2.07. The van der Waals surface area contributed by atoms with Crippen LogP contribution in [0.15, 0.2) is 11.9 Å². The molecule has 0 aromatic rings. The van der Waals surface area contributed by atoms with Gasteiger partial charge in [0.05, 0.1) is 0 Å². The van der Waals surface area contributed by atoms with Gasteiger partial charge in [0.1, 0.15) is 12.7 Å². The molecule has 7 heteroatoms. The summed E-state index contributed by atoms with van der Waals surface area (Å²) in [6, 6.07) is 0. The molecule has 65 valence electrons. The van der Waals surface area contributed by atoms with Crippen LogP contribution in [0.25, 0.3) is 0 Å². The molecule has 0 amide bonds. The number of halogens is 1. The zero-order valence-electron chi connectivity index (χ0n) is 6.95. The predicted molar refractivity (Wildman–Crippen MR) is 47.9 cm³/mol. The minimum Gasteiger partial charge on any atom is -0.450 e. The number of hydrogen-bond acceptors (Lipinski definition) is 3. The van der Waals surface area contributed by atoms with Crippen LogP contribution < -0.4 is 0 Å². The average Bonchev–Trinajstić information content (AvgIpc) is 2.42. The van der Waals surface area contributed by atoms with Crippen LogP contribution in [0.2, 0.25) is 0 Å². The minimum absolute atomic E-state index is 0.0428. The lowest BCUT2D eigenvalue weighted by atomic mass is 10.4. The number of carbonyl (C=O) groups excluding carboxylic acids is 1. The molecule has 12 heavy (non-hydrogen) atoms. The smallest absolute Gasteiger partial charge is 0.367 e. The molecule has 1 heterocycles. The Morgan fingerprint density at radius 2 is 2.83 bits per heavy atom. The Morgan fingerprint density at radius 1 is 2.08 bits per heavy atom. The summed E-state index contributed by atoms with van der Waals surface area (Å²) in [7, 11) is 3.33. The van der Waals surface area contributed by atoms with Crippen LogP contribution in [0.1, 0.15) is 0 Å². The van der Waals surface area contributed by atoms with Crippen molar-refractivity contribution in [3.63, 3.8) is 0 Å². The first kappa shape index (κ1) is 8.41. The maximum Gasteiger partial charge on any atom is 0.367 e. The van der Waals surface area contributed by atoms with Crippen LogP contribution >= 0.6 is 8.02 Å². The first-order chi connectivity index (χ1) is 6.13. The highest BCUT2D eigenvalue weighted by Gasteiger charge is 2.25. The molecule has 2 atom stereocenters. The zero-order valence-corrected chi connectivity index (χ0v) is 7.77. The molecule has 0 aromatic heterocycles. The summed E-state index contributed by atoms with van der Waals surface area (Å²) in [6.07, 6.45) is 0.370. The summed E-state index contributed by atoms with van der Waals surface area (Å²) in [5.41, 5.74) is 0. The minimum atomic E-state index is -0.961. The molecule has 1 radical (unpaired) electrons. The molecular formula is C5H6BFO3PS. The first-order valence-corrected chi connectivity index (χ1v) is 5.45. The Labute approximate surface area is 76.0 Å². The SMILES string of the molecule is [3H][B]S(=P)OC[C@@H]1C=C(F)C(=O)O1. The van der Waals surface area contributed by atoms with Crippen molar-refractivity contribution in [2.75, 3.05) is 6.61 Å². The van der Waals surface area contributed by atoms with Gasteiger partial charge >= 0.3 is 5.97 Å². The molecule has 0 aliphatic carbocycles. The normalized spacial score (nSPS) is 25.8. The summed E-state index contributed by atoms with van der Waals surface area (Å²) >= 11 is 0. The third-order valence-corrected chi connectivity index (χ3v) is 1.89. The van der Waals surface area contributed by atoms with Crippen LogP contribution in [0, 0.1) is 0 Å². The van der Waals surface area contributed by atoms with E-state index in [0.29, 0.717) is 0 Å². The molecule has 0 saturated carbocycles. The number of cyclic esters (lactones) is 1. The quantitative estimate of drug-likeness (QED) is 0.376. The van der Waals surface area contributed by atoms with Gasteiger partial charge in [0.15, 0.2) is 0 Å². The molecule has 0 fully saturated rings. The fourth-order valence-corrected chi connectivity index (χ4v) is 1.17. The van der Waals surface area contributed by atoms with E-state index in [9.17, 15) is 9.18 Å². The van der Waals surface area contributed by atoms with Gasteiger partial charge in [-0.15, -0.1) is 0 Å². The molecule has 1 rings (SSSR count). The fourth-order valence-electron chi connectivity index (χ4n) is 0.682. The number of ether oxygens (including phenoxy) is 1. The van der Waals surface area contributed by atoms with Gasteiger partial charge in [-0.3, -0.25) is 0 Å². The predicted octanol–water partition coefficient (Wildman–Crippen LogP) is 0.189. The zero-order chi connectivity index (χ0) is 9.84. The Balaban J connectivity index is 2.33. The van der Waals surface area contributed by atoms with Gasteiger partial charge < -0.3 is 8.92 Å². The second-order valence-electron chi connectivity index (χ2n) is 2.04. The number of hydrogen-bond donors (Lipinski definition) is 0. The number of carbonyl (C=O) groups is 1. The molecule has 0 aromatic carbocycles. The van der Waals surface area contributed by atoms with E-state index in [1.54, 1.807) is 0 Å². The fraction of sp³-hybridized carbons (Fsp3) is 0.400. The monoisotopic (exact) mass is 209 g/mol. The van der Waals surface area contributed by atoms with Gasteiger partial charge in [-0.05, 0) is 1.34 Å². The topological polar surface area (TPSA) is 35.5 Å². The largest absolute Gasteiger partial charge is 0.450 e. The Bertz CT molecular complexity index is 275. The van der Waals surface area contributed by atoms with Gasteiger partial charge in [-0.1, -0.05) is 18.2 Å². The highest BCUT2D eigenvalue weighted by molar-refractivity contribution is 8.27. The lowest BCUT2D eigenvalue weighted by Crippen LogP contribution is -2.15. The van der Waals surface area contributed by atoms with E-state index in [1.807, 2.05) is 0 Å². The van der Waals surface area contributed by atoms with E-state index >= 15 is 0 Å². The van der Waals surface area contributed by atoms with Crippen molar-refractivity contribution in [1.82, 2.24) is 0 Å². The van der Waals surface area contributed by atoms with Crippen molar-refractivity contribution >= 4 is 31.3 Å². The third-order valence-electron chi connectivity index (χ3n) is 1.14. The summed E-state index contributed by atoms with van der Waals surface area (Å²) in [5, 5.41) is 0. The molecule has 0 bridgehead atoms. The molecule has 0 N–H and O–H groups in total. The van der Waals surface area contributed by atoms with E-state index in [2.05, 4.69) is 12.8 Å². The van der Waals surface area contributed by atoms with Gasteiger partial charge in [-0.25, -0.2) is 4.79 Å². The first-order valence-electron chi connectivity index (χ1n) is 3.59. The second-order valence-corrected chi connectivity index (χ2v) is 4.08. The van der Waals surface area contributed by atoms with E-state index in [0.717, 1.165) is 13.2 Å². The molecular weight excluding hydrogens is 201 g/mol. The molecule has 0 spiro atoms. The van der Waals surface area contributed by atoms with Gasteiger partial charge in [-0.2, -0.15) is 4.39 Å². The van der Waals surface area contributed by atoms with Gasteiger partial charge in [0.2, 0.25) is 12.9 Å². The molecule has 1 aliphatic rings. The van der Waals surface area contributed by atoms with E-state index in [1.165, 1.54) is 0 Å². The Morgan fingerprint density at radius 3 is 3.33 bits per heavy atom. The van der Waals surface area contributed by atoms with Gasteiger partial charge in [0.25, 0.3) is 0 Å². The van der Waals surface area contributed by atoms with Crippen molar-refractivity contribution in [2.45, 2.75) is 6.10 Å². The van der Waals surface area contributed by atoms with Crippen LogP contribution in [0.5, 0.6) is 0 Å². The standard InChI is InChI=1S/C5H6BFO3PS/c6-12(11)9-2-3-1-4(7)5(8)10-3/h1,3,6,11H,2H2/t3-,12?/m0/s1/i6T. The van der Waals surface area contributed by atoms with Crippen molar-refractivity contribution in [2.24, 2.45) is 0 Å². The number of rotatable bonds is 4. The van der Waals surface area contributed by atoms with E-state index in [-0.39, 0.29) is 6.61 Å². The lowest BCUT2D eigenvalue weighted by molar-refractivity contribution is -0.141. The summed E-state index contributed by atoms with van der Waals surface area (Å²) < 4.78 is 28.8. The van der Waals surface area contributed by atoms with Crippen LogP contribution in [-0.4, -0.2) is 27.1 Å². The van der Waals surface area contributed by atoms with Crippen molar-refractivity contribution in [3.05, 3.63) is 11.9 Å². The summed E-state index contributed by atoms with van der Waals surface area (Å²) in [5.74, 6) is -1.85. The van der Waals surface area contributed by atoms with Crippen LogP contribution in [0.4, 0.5) is 4.39 Å². The summed E-state index contributed by atoms with van der Waals surface area (Å²) in [6.45, 7) is 0.0428. The molecule has 0 saturated heterocycles. The number of esters is 1. The highest BCUT2D eigenvalue weighted by Crippen LogP contribution is 2.14. The maximum atomic E-state index is 12.4. The van der Waals surface area contributed by atoms with E-state index in [4.69, 9.17) is 5.52 Å². The molecule has 1 unspecified atom stereocenters. The Hall–Kier alpha value is -0.185. The van der Waals surface area contributed by atoms with Crippen LogP contribution in [-0.2, 0) is 23.9 Å². The van der Waals surface area contributed by atoms with Crippen LogP contribution in [0.3, 0.4) is 0 Å². The van der Waals surface area contributed by atoms with Crippen molar-refractivity contribution in [1.29, 1.82) is 1.34 Å². The summed E-state index contributed by atoms with van der Waals surface area (Å²) in [4.78, 5) is 10.5. The maximum absolute atomic E-state index is 12.4. The van der Waals surface area contributed by atoms with Gasteiger partial charge in [0, 0.05) is 6.08 Å². The highest BCUT2D eigenvalue weighted by atomic mass is 32.5.